The number of carbonyl (C=O) groups is 1. The highest BCUT2D eigenvalue weighted by Crippen LogP contribution is 2.17. The van der Waals surface area contributed by atoms with Crippen LogP contribution < -0.4 is 4.74 Å². The fraction of sp³-hybridized carbons (Fsp3) is 0.385. The van der Waals surface area contributed by atoms with E-state index in [0.29, 0.717) is 24.3 Å². The molecule has 0 spiro atoms. The fourth-order valence-corrected chi connectivity index (χ4v) is 1.37. The average molecular weight is 248 g/mol. The minimum absolute atomic E-state index is 0.0983. The Morgan fingerprint density at radius 3 is 2.89 bits per heavy atom. The third-order valence-electron chi connectivity index (χ3n) is 2.48. The third kappa shape index (κ3) is 4.07. The van der Waals surface area contributed by atoms with Gasteiger partial charge in [0.25, 0.3) is 5.91 Å². The summed E-state index contributed by atoms with van der Waals surface area (Å²) in [7, 11) is 1.63. The monoisotopic (exact) mass is 248 g/mol. The van der Waals surface area contributed by atoms with Gasteiger partial charge in [0.05, 0.1) is 19.1 Å². The Balaban J connectivity index is 2.49. The number of hydrogen-bond acceptors (Lipinski definition) is 4. The van der Waals surface area contributed by atoms with E-state index in [9.17, 15) is 4.79 Å². The Hall–Kier alpha value is -2.06. The SMILES string of the molecule is CN(CCC#N)C(=O)COc1ccccc1CO. The fourth-order valence-electron chi connectivity index (χ4n) is 1.37. The number of para-hydroxylation sites is 1. The zero-order chi connectivity index (χ0) is 13.4. The highest BCUT2D eigenvalue weighted by Gasteiger charge is 2.10. The zero-order valence-electron chi connectivity index (χ0n) is 10.3. The predicted molar refractivity (Wildman–Crippen MR) is 65.7 cm³/mol. The minimum atomic E-state index is -0.196. The lowest BCUT2D eigenvalue weighted by Gasteiger charge is -2.16. The lowest BCUT2D eigenvalue weighted by Crippen LogP contribution is -2.32. The molecule has 0 aromatic heterocycles. The molecule has 96 valence electrons. The van der Waals surface area contributed by atoms with Gasteiger partial charge in [-0.25, -0.2) is 0 Å². The number of nitrogens with zero attached hydrogens (tertiary/aromatic N) is 2. The number of hydrogen-bond donors (Lipinski definition) is 1. The van der Waals surface area contributed by atoms with E-state index in [1.165, 1.54) is 4.90 Å². The molecule has 1 rings (SSSR count). The van der Waals surface area contributed by atoms with Crippen LogP contribution in [-0.4, -0.2) is 36.1 Å². The number of aliphatic hydroxyl groups excluding tert-OH is 1. The summed E-state index contributed by atoms with van der Waals surface area (Å²) in [5, 5.41) is 17.5. The highest BCUT2D eigenvalue weighted by molar-refractivity contribution is 5.77. The van der Waals surface area contributed by atoms with Crippen LogP contribution in [0.4, 0.5) is 0 Å². The zero-order valence-corrected chi connectivity index (χ0v) is 10.3. The largest absolute Gasteiger partial charge is 0.483 e. The van der Waals surface area contributed by atoms with Crippen molar-refractivity contribution in [2.45, 2.75) is 13.0 Å². The number of nitriles is 1. The molecule has 0 atom stereocenters. The van der Waals surface area contributed by atoms with Crippen molar-refractivity contribution in [1.82, 2.24) is 4.90 Å². The standard InChI is InChI=1S/C13H16N2O3/c1-15(8-4-7-14)13(17)10-18-12-6-3-2-5-11(12)9-16/h2-3,5-6,16H,4,8-10H2,1H3. The summed E-state index contributed by atoms with van der Waals surface area (Å²) < 4.78 is 5.36. The molecule has 1 amide bonds. The van der Waals surface area contributed by atoms with Crippen LogP contribution in [0.15, 0.2) is 24.3 Å². The summed E-state index contributed by atoms with van der Waals surface area (Å²) in [6, 6.07) is 8.98. The first-order chi connectivity index (χ1) is 8.69. The van der Waals surface area contributed by atoms with E-state index >= 15 is 0 Å². The van der Waals surface area contributed by atoms with Gasteiger partial charge in [-0.2, -0.15) is 5.26 Å². The summed E-state index contributed by atoms with van der Waals surface area (Å²) in [5.74, 6) is 0.306. The van der Waals surface area contributed by atoms with Gasteiger partial charge < -0.3 is 14.7 Å². The quantitative estimate of drug-likeness (QED) is 0.812. The van der Waals surface area contributed by atoms with Crippen molar-refractivity contribution in [3.63, 3.8) is 0 Å². The Bertz CT molecular complexity index is 440. The molecule has 0 unspecified atom stereocenters. The average Bonchev–Trinajstić information content (AvgIpc) is 2.42. The van der Waals surface area contributed by atoms with Crippen LogP contribution in [0.1, 0.15) is 12.0 Å². The van der Waals surface area contributed by atoms with Crippen LogP contribution in [-0.2, 0) is 11.4 Å². The Labute approximate surface area is 106 Å². The van der Waals surface area contributed by atoms with Crippen molar-refractivity contribution in [1.29, 1.82) is 5.26 Å². The molecule has 0 aliphatic heterocycles. The molecular formula is C13H16N2O3. The molecule has 0 saturated heterocycles. The predicted octanol–water partition coefficient (Wildman–Crippen LogP) is 0.930. The number of benzene rings is 1. The van der Waals surface area contributed by atoms with E-state index in [0.717, 1.165) is 0 Å². The van der Waals surface area contributed by atoms with Gasteiger partial charge in [-0.05, 0) is 6.07 Å². The molecule has 0 saturated carbocycles. The van der Waals surface area contributed by atoms with E-state index < -0.39 is 0 Å². The van der Waals surface area contributed by atoms with E-state index in [1.807, 2.05) is 6.07 Å². The van der Waals surface area contributed by atoms with Gasteiger partial charge in [0.2, 0.25) is 0 Å². The van der Waals surface area contributed by atoms with Crippen molar-refractivity contribution < 1.29 is 14.6 Å². The molecule has 0 radical (unpaired) electrons. The Kier molecular flexibility index (Phi) is 5.68. The molecule has 1 aromatic rings. The van der Waals surface area contributed by atoms with E-state index in [-0.39, 0.29) is 19.1 Å². The van der Waals surface area contributed by atoms with E-state index in [1.54, 1.807) is 31.3 Å². The molecule has 0 bridgehead atoms. The summed E-state index contributed by atoms with van der Waals surface area (Å²) in [6.45, 7) is 0.161. The molecule has 1 aromatic carbocycles. The van der Waals surface area contributed by atoms with Crippen molar-refractivity contribution in [2.75, 3.05) is 20.2 Å². The van der Waals surface area contributed by atoms with Gasteiger partial charge in [0, 0.05) is 19.2 Å². The molecule has 1 N–H and O–H groups in total. The highest BCUT2D eigenvalue weighted by atomic mass is 16.5. The lowest BCUT2D eigenvalue weighted by atomic mass is 10.2. The molecule has 0 heterocycles. The molecule has 0 fully saturated rings. The summed E-state index contributed by atoms with van der Waals surface area (Å²) in [5.41, 5.74) is 0.643. The van der Waals surface area contributed by atoms with Crippen molar-refractivity contribution in [2.24, 2.45) is 0 Å². The van der Waals surface area contributed by atoms with E-state index in [2.05, 4.69) is 0 Å². The maximum Gasteiger partial charge on any atom is 0.260 e. The van der Waals surface area contributed by atoms with Crippen LogP contribution in [0, 0.1) is 11.3 Å². The number of amides is 1. The third-order valence-corrected chi connectivity index (χ3v) is 2.48. The number of rotatable bonds is 6. The number of likely N-dealkylation sites (N-methyl/N-ethyl adjacent to an activating group) is 1. The van der Waals surface area contributed by atoms with Gasteiger partial charge >= 0.3 is 0 Å². The van der Waals surface area contributed by atoms with Crippen molar-refractivity contribution in [3.8, 4) is 11.8 Å². The van der Waals surface area contributed by atoms with Crippen LogP contribution >= 0.6 is 0 Å². The summed E-state index contributed by atoms with van der Waals surface area (Å²) in [4.78, 5) is 13.1. The number of aliphatic hydroxyl groups is 1. The maximum atomic E-state index is 11.7. The van der Waals surface area contributed by atoms with Crippen LogP contribution in [0.5, 0.6) is 5.75 Å². The van der Waals surface area contributed by atoms with Crippen molar-refractivity contribution in [3.05, 3.63) is 29.8 Å². The van der Waals surface area contributed by atoms with Crippen molar-refractivity contribution >= 4 is 5.91 Å². The normalized spacial score (nSPS) is 9.61. The summed E-state index contributed by atoms with van der Waals surface area (Å²) >= 11 is 0. The first kappa shape index (κ1) is 14.0. The molecule has 18 heavy (non-hydrogen) atoms. The Morgan fingerprint density at radius 1 is 1.50 bits per heavy atom. The Morgan fingerprint density at radius 2 is 2.22 bits per heavy atom. The van der Waals surface area contributed by atoms with Gasteiger partial charge in [0.1, 0.15) is 5.75 Å². The molecule has 5 nitrogen and oxygen atoms in total. The second-order valence-corrected chi connectivity index (χ2v) is 3.78. The second-order valence-electron chi connectivity index (χ2n) is 3.78. The molecule has 0 aliphatic rings. The molecular weight excluding hydrogens is 232 g/mol. The first-order valence-corrected chi connectivity index (χ1v) is 5.61. The topological polar surface area (TPSA) is 73.6 Å². The van der Waals surface area contributed by atoms with Crippen LogP contribution in [0.2, 0.25) is 0 Å². The van der Waals surface area contributed by atoms with Crippen LogP contribution in [0.25, 0.3) is 0 Å². The second kappa shape index (κ2) is 7.30. The molecule has 0 aliphatic carbocycles. The summed E-state index contributed by atoms with van der Waals surface area (Å²) in [6.07, 6.45) is 0.301. The number of carbonyl (C=O) groups excluding carboxylic acids is 1. The smallest absolute Gasteiger partial charge is 0.260 e. The van der Waals surface area contributed by atoms with Gasteiger partial charge in [-0.3, -0.25) is 4.79 Å². The number of ether oxygens (including phenoxy) is 1. The van der Waals surface area contributed by atoms with Gasteiger partial charge in [-0.1, -0.05) is 18.2 Å². The molecule has 5 heteroatoms. The minimum Gasteiger partial charge on any atom is -0.483 e. The maximum absolute atomic E-state index is 11.7. The van der Waals surface area contributed by atoms with E-state index in [4.69, 9.17) is 15.1 Å². The van der Waals surface area contributed by atoms with Gasteiger partial charge in [-0.15, -0.1) is 0 Å². The lowest BCUT2D eigenvalue weighted by molar-refractivity contribution is -0.132. The van der Waals surface area contributed by atoms with Gasteiger partial charge in [0.15, 0.2) is 6.61 Å². The van der Waals surface area contributed by atoms with Crippen LogP contribution in [0.3, 0.4) is 0 Å². The first-order valence-electron chi connectivity index (χ1n) is 5.61.